The van der Waals surface area contributed by atoms with Crippen LogP contribution in [0, 0.1) is 17.3 Å². The quantitative estimate of drug-likeness (QED) is 0.250. The number of halogens is 1. The van der Waals surface area contributed by atoms with Gasteiger partial charge in [0.1, 0.15) is 0 Å². The maximum Gasteiger partial charge on any atom is 0.191 e. The van der Waals surface area contributed by atoms with Crippen LogP contribution in [0.2, 0.25) is 0 Å². The third kappa shape index (κ3) is 4.61. The van der Waals surface area contributed by atoms with E-state index >= 15 is 0 Å². The molecule has 5 nitrogen and oxygen atoms in total. The summed E-state index contributed by atoms with van der Waals surface area (Å²) in [6.45, 7) is 10.8. The van der Waals surface area contributed by atoms with Gasteiger partial charge < -0.3 is 20.1 Å². The number of hydrogen-bond donors (Lipinski definition) is 2. The Morgan fingerprint density at radius 2 is 2.16 bits per heavy atom. The summed E-state index contributed by atoms with van der Waals surface area (Å²) in [7, 11) is 0. The Labute approximate surface area is 170 Å². The van der Waals surface area contributed by atoms with Crippen molar-refractivity contribution in [3.05, 3.63) is 0 Å². The molecule has 3 aliphatic rings. The topological polar surface area (TPSA) is 54.9 Å². The zero-order chi connectivity index (χ0) is 17.0. The standard InChI is InChI=1S/C19H35N3O2.HI/c1-4-20-18(21-10-6-11-23-13-14(2)3)22-16-15-7-12-24-17(15)19(16)8-5-9-19;/h14-17H,4-13H2,1-3H3,(H2,20,21,22);1H. The Bertz CT molecular complexity index is 440. The maximum atomic E-state index is 6.01. The predicted molar refractivity (Wildman–Crippen MR) is 113 cm³/mol. The van der Waals surface area contributed by atoms with Gasteiger partial charge in [0.05, 0.1) is 6.10 Å². The highest BCUT2D eigenvalue weighted by atomic mass is 127. The molecule has 2 aliphatic carbocycles. The third-order valence-electron chi connectivity index (χ3n) is 5.84. The lowest BCUT2D eigenvalue weighted by Crippen LogP contribution is -2.72. The average molecular weight is 465 g/mol. The molecule has 3 atom stereocenters. The first-order valence-electron chi connectivity index (χ1n) is 9.91. The minimum atomic E-state index is 0. The van der Waals surface area contributed by atoms with Crippen LogP contribution in [-0.4, -0.2) is 51.0 Å². The number of rotatable bonds is 8. The average Bonchev–Trinajstić information content (AvgIpc) is 2.91. The first kappa shape index (κ1) is 21.2. The molecule has 1 aliphatic heterocycles. The van der Waals surface area contributed by atoms with Gasteiger partial charge in [-0.15, -0.1) is 24.0 Å². The van der Waals surface area contributed by atoms with Gasteiger partial charge >= 0.3 is 0 Å². The van der Waals surface area contributed by atoms with Crippen molar-refractivity contribution in [1.29, 1.82) is 0 Å². The van der Waals surface area contributed by atoms with Gasteiger partial charge in [-0.1, -0.05) is 20.3 Å². The molecule has 0 aromatic carbocycles. The largest absolute Gasteiger partial charge is 0.381 e. The van der Waals surface area contributed by atoms with E-state index in [0.29, 0.717) is 29.4 Å². The van der Waals surface area contributed by atoms with Crippen LogP contribution in [0.3, 0.4) is 0 Å². The Morgan fingerprint density at radius 3 is 2.80 bits per heavy atom. The van der Waals surface area contributed by atoms with Gasteiger partial charge in [0.25, 0.3) is 0 Å². The normalized spacial score (nSPS) is 29.6. The van der Waals surface area contributed by atoms with E-state index in [1.165, 1.54) is 25.7 Å². The van der Waals surface area contributed by atoms with Gasteiger partial charge in [-0.2, -0.15) is 0 Å². The number of aliphatic imine (C=N–C) groups is 1. The summed E-state index contributed by atoms with van der Waals surface area (Å²) in [5.41, 5.74) is 0.401. The van der Waals surface area contributed by atoms with Crippen LogP contribution >= 0.6 is 24.0 Å². The third-order valence-corrected chi connectivity index (χ3v) is 5.84. The van der Waals surface area contributed by atoms with E-state index in [0.717, 1.165) is 45.3 Å². The van der Waals surface area contributed by atoms with Crippen LogP contribution in [0.4, 0.5) is 0 Å². The van der Waals surface area contributed by atoms with Crippen LogP contribution in [0.1, 0.15) is 52.9 Å². The number of ether oxygens (including phenoxy) is 2. The van der Waals surface area contributed by atoms with E-state index in [1.54, 1.807) is 0 Å². The number of nitrogens with one attached hydrogen (secondary N) is 2. The van der Waals surface area contributed by atoms with Crippen LogP contribution in [0.15, 0.2) is 4.99 Å². The number of guanidine groups is 1. The van der Waals surface area contributed by atoms with E-state index in [1.807, 2.05) is 0 Å². The lowest BCUT2D eigenvalue weighted by atomic mass is 9.46. The minimum absolute atomic E-state index is 0. The Balaban J connectivity index is 0.00000225. The van der Waals surface area contributed by atoms with Crippen LogP contribution in [0.25, 0.3) is 0 Å². The molecule has 25 heavy (non-hydrogen) atoms. The molecular formula is C19H36IN3O2. The molecule has 0 amide bonds. The van der Waals surface area contributed by atoms with E-state index in [9.17, 15) is 0 Å². The number of nitrogens with zero attached hydrogens (tertiary/aromatic N) is 1. The molecule has 6 heteroatoms. The van der Waals surface area contributed by atoms with Crippen molar-refractivity contribution in [3.8, 4) is 0 Å². The van der Waals surface area contributed by atoms with E-state index in [4.69, 9.17) is 14.5 Å². The molecule has 2 saturated carbocycles. The molecule has 0 aromatic heterocycles. The van der Waals surface area contributed by atoms with Gasteiger partial charge in [-0.3, -0.25) is 4.99 Å². The van der Waals surface area contributed by atoms with Crippen LogP contribution in [0.5, 0.6) is 0 Å². The Morgan fingerprint density at radius 1 is 1.36 bits per heavy atom. The van der Waals surface area contributed by atoms with Crippen LogP contribution < -0.4 is 10.6 Å². The smallest absolute Gasteiger partial charge is 0.191 e. The van der Waals surface area contributed by atoms with Crippen molar-refractivity contribution >= 4 is 29.9 Å². The minimum Gasteiger partial charge on any atom is -0.381 e. The van der Waals surface area contributed by atoms with Crippen molar-refractivity contribution in [2.24, 2.45) is 22.2 Å². The zero-order valence-electron chi connectivity index (χ0n) is 16.1. The highest BCUT2D eigenvalue weighted by Gasteiger charge is 2.66. The fraction of sp³-hybridized carbons (Fsp3) is 0.947. The molecule has 146 valence electrons. The Hall–Kier alpha value is -0.0800. The second-order valence-electron chi connectivity index (χ2n) is 8.04. The van der Waals surface area contributed by atoms with E-state index in [-0.39, 0.29) is 24.0 Å². The predicted octanol–water partition coefficient (Wildman–Crippen LogP) is 3.18. The van der Waals surface area contributed by atoms with Crippen LogP contribution in [-0.2, 0) is 9.47 Å². The number of hydrogen-bond acceptors (Lipinski definition) is 3. The van der Waals surface area contributed by atoms with Crippen molar-refractivity contribution in [3.63, 3.8) is 0 Å². The molecule has 3 fully saturated rings. The van der Waals surface area contributed by atoms with Crippen molar-refractivity contribution in [2.45, 2.75) is 65.0 Å². The molecule has 2 N–H and O–H groups in total. The Kier molecular flexibility index (Phi) is 8.27. The number of fused-ring (bicyclic) bond motifs is 2. The van der Waals surface area contributed by atoms with Crippen molar-refractivity contribution in [1.82, 2.24) is 10.6 Å². The van der Waals surface area contributed by atoms with Crippen molar-refractivity contribution < 1.29 is 9.47 Å². The maximum absolute atomic E-state index is 6.01. The molecule has 1 spiro atoms. The molecule has 0 aromatic rings. The summed E-state index contributed by atoms with van der Waals surface area (Å²) >= 11 is 0. The van der Waals surface area contributed by atoms with Gasteiger partial charge in [0, 0.05) is 50.3 Å². The summed E-state index contributed by atoms with van der Waals surface area (Å²) in [6, 6.07) is 0.550. The van der Waals surface area contributed by atoms with Gasteiger partial charge in [0.2, 0.25) is 0 Å². The fourth-order valence-corrected chi connectivity index (χ4v) is 4.60. The summed E-state index contributed by atoms with van der Waals surface area (Å²) in [4.78, 5) is 4.76. The lowest BCUT2D eigenvalue weighted by molar-refractivity contribution is -0.171. The molecule has 0 radical (unpaired) electrons. The molecule has 3 unspecified atom stereocenters. The molecule has 1 saturated heterocycles. The highest BCUT2D eigenvalue weighted by molar-refractivity contribution is 14.0. The summed E-state index contributed by atoms with van der Waals surface area (Å²) < 4.78 is 11.6. The molecule has 0 bridgehead atoms. The summed E-state index contributed by atoms with van der Waals surface area (Å²) in [5, 5.41) is 7.16. The highest BCUT2D eigenvalue weighted by Crippen LogP contribution is 2.62. The van der Waals surface area contributed by atoms with Gasteiger partial charge in [-0.25, -0.2) is 0 Å². The summed E-state index contributed by atoms with van der Waals surface area (Å²) in [6.07, 6.45) is 6.67. The SMILES string of the molecule is CCNC(=NCCCOCC(C)C)NC1C2CCOC2C12CCC2.I. The van der Waals surface area contributed by atoms with E-state index < -0.39 is 0 Å². The molecule has 3 rings (SSSR count). The lowest BCUT2D eigenvalue weighted by Gasteiger charge is -2.63. The monoisotopic (exact) mass is 465 g/mol. The van der Waals surface area contributed by atoms with E-state index in [2.05, 4.69) is 31.4 Å². The summed E-state index contributed by atoms with van der Waals surface area (Å²) in [5.74, 6) is 2.26. The second kappa shape index (κ2) is 9.74. The molecular weight excluding hydrogens is 429 g/mol. The van der Waals surface area contributed by atoms with Gasteiger partial charge in [-0.05, 0) is 38.5 Å². The van der Waals surface area contributed by atoms with Gasteiger partial charge in [0.15, 0.2) is 5.96 Å². The van der Waals surface area contributed by atoms with Crippen molar-refractivity contribution in [2.75, 3.05) is 32.9 Å². The fourth-order valence-electron chi connectivity index (χ4n) is 4.60. The first-order valence-corrected chi connectivity index (χ1v) is 9.91. The zero-order valence-corrected chi connectivity index (χ0v) is 18.4. The first-order chi connectivity index (χ1) is 11.7. The second-order valence-corrected chi connectivity index (χ2v) is 8.04. The molecule has 1 heterocycles.